The quantitative estimate of drug-likeness (QED) is 0.162. The zero-order valence-corrected chi connectivity index (χ0v) is 25.2. The van der Waals surface area contributed by atoms with Gasteiger partial charge in [-0.15, -0.1) is 23.1 Å². The minimum Gasteiger partial charge on any atom is -0.465 e. The molecule has 0 saturated heterocycles. The molecule has 2 N–H and O–H groups in total. The Morgan fingerprint density at radius 3 is 2.38 bits per heavy atom. The Hall–Kier alpha value is -3.92. The molecule has 1 unspecified atom stereocenters. The highest BCUT2D eigenvalue weighted by Gasteiger charge is 2.30. The van der Waals surface area contributed by atoms with E-state index in [1.54, 1.807) is 0 Å². The molecule has 1 aliphatic heterocycles. The Morgan fingerprint density at radius 1 is 0.952 bits per heavy atom. The van der Waals surface area contributed by atoms with Crippen LogP contribution in [-0.4, -0.2) is 41.6 Å². The normalized spacial score (nSPS) is 13.6. The molecule has 2 amide bonds. The smallest absolute Gasteiger partial charge is 0.341 e. The highest BCUT2D eigenvalue weighted by Crippen LogP contribution is 2.38. The minimum atomic E-state index is -0.445. The number of benzene rings is 3. The summed E-state index contributed by atoms with van der Waals surface area (Å²) in [6.07, 6.45) is 1.00. The first-order chi connectivity index (χ1) is 20.4. The Bertz CT molecular complexity index is 1560. The summed E-state index contributed by atoms with van der Waals surface area (Å²) in [7, 11) is 1.37. The van der Waals surface area contributed by atoms with E-state index in [0.29, 0.717) is 29.2 Å². The van der Waals surface area contributed by atoms with Crippen LogP contribution in [0.2, 0.25) is 0 Å². The van der Waals surface area contributed by atoms with E-state index in [1.807, 2.05) is 79.7 Å². The average Bonchev–Trinajstić information content (AvgIpc) is 3.34. The van der Waals surface area contributed by atoms with Crippen LogP contribution in [0.5, 0.6) is 0 Å². The standard InChI is InChI=1S/C33H33N3O4S2/c1-22(41-26-15-9-14-25(19-26)34-29(37)18-23-10-5-3-6-11-23)31(38)35-32-30(33(39)40-2)27-16-17-36(21-28(27)42-32)20-24-12-7-4-8-13-24/h3-15,19,22H,16-18,20-21H2,1-2H3,(H,34,37)(H,35,38). The maximum atomic E-state index is 13.3. The van der Waals surface area contributed by atoms with Crippen molar-refractivity contribution in [3.8, 4) is 0 Å². The lowest BCUT2D eigenvalue weighted by Gasteiger charge is -2.27. The predicted molar refractivity (Wildman–Crippen MR) is 169 cm³/mol. The molecule has 5 rings (SSSR count). The van der Waals surface area contributed by atoms with Crippen molar-refractivity contribution in [1.29, 1.82) is 0 Å². The maximum absolute atomic E-state index is 13.3. The van der Waals surface area contributed by atoms with Crippen LogP contribution in [-0.2, 0) is 40.3 Å². The SMILES string of the molecule is COC(=O)c1c(NC(=O)C(C)Sc2cccc(NC(=O)Cc3ccccc3)c2)sc2c1CCN(Cc1ccccc1)C2. The van der Waals surface area contributed by atoms with Gasteiger partial charge in [-0.05, 0) is 48.2 Å². The van der Waals surface area contributed by atoms with Crippen LogP contribution in [0.25, 0.3) is 0 Å². The van der Waals surface area contributed by atoms with Crippen LogP contribution in [0.3, 0.4) is 0 Å². The van der Waals surface area contributed by atoms with Crippen LogP contribution in [0.15, 0.2) is 89.8 Å². The van der Waals surface area contributed by atoms with Gasteiger partial charge >= 0.3 is 5.97 Å². The number of rotatable bonds is 10. The average molecular weight is 600 g/mol. The Labute approximate surface area is 254 Å². The van der Waals surface area contributed by atoms with Gasteiger partial charge in [-0.1, -0.05) is 66.7 Å². The van der Waals surface area contributed by atoms with E-state index < -0.39 is 11.2 Å². The molecular formula is C33H33N3O4S2. The van der Waals surface area contributed by atoms with Crippen molar-refractivity contribution in [2.45, 2.75) is 43.0 Å². The lowest BCUT2D eigenvalue weighted by molar-refractivity contribution is -0.116. The summed E-state index contributed by atoms with van der Waals surface area (Å²) in [6, 6.07) is 27.3. The molecule has 42 heavy (non-hydrogen) atoms. The van der Waals surface area contributed by atoms with E-state index in [0.717, 1.165) is 34.0 Å². The summed E-state index contributed by atoms with van der Waals surface area (Å²) in [5, 5.41) is 6.04. The molecule has 1 atom stereocenters. The number of nitrogens with one attached hydrogen (secondary N) is 2. The van der Waals surface area contributed by atoms with Crippen molar-refractivity contribution in [2.24, 2.45) is 0 Å². The molecule has 0 radical (unpaired) electrons. The molecule has 3 aromatic carbocycles. The fraction of sp³-hybridized carbons (Fsp3) is 0.242. The highest BCUT2D eigenvalue weighted by molar-refractivity contribution is 8.00. The number of fused-ring (bicyclic) bond motifs is 1. The molecule has 216 valence electrons. The van der Waals surface area contributed by atoms with Gasteiger partial charge in [0, 0.05) is 35.1 Å². The number of esters is 1. The number of nitrogens with zero attached hydrogens (tertiary/aromatic N) is 1. The first kappa shape index (κ1) is 29.6. The van der Waals surface area contributed by atoms with Gasteiger partial charge in [0.05, 0.1) is 24.3 Å². The third-order valence-electron chi connectivity index (χ3n) is 7.02. The Kier molecular flexibility index (Phi) is 9.74. The molecule has 1 aromatic heterocycles. The van der Waals surface area contributed by atoms with Crippen molar-refractivity contribution in [2.75, 3.05) is 24.3 Å². The summed E-state index contributed by atoms with van der Waals surface area (Å²) in [6.45, 7) is 4.18. The molecule has 0 fully saturated rings. The topological polar surface area (TPSA) is 87.7 Å². The van der Waals surface area contributed by atoms with Crippen LogP contribution < -0.4 is 10.6 Å². The number of ether oxygens (including phenoxy) is 1. The molecular weight excluding hydrogens is 567 g/mol. The van der Waals surface area contributed by atoms with Gasteiger partial charge < -0.3 is 15.4 Å². The van der Waals surface area contributed by atoms with E-state index in [-0.39, 0.29) is 18.2 Å². The van der Waals surface area contributed by atoms with E-state index in [9.17, 15) is 14.4 Å². The molecule has 4 aromatic rings. The second kappa shape index (κ2) is 13.8. The summed E-state index contributed by atoms with van der Waals surface area (Å²) in [5.41, 5.74) is 4.28. The number of hydrogen-bond donors (Lipinski definition) is 2. The van der Waals surface area contributed by atoms with Crippen LogP contribution >= 0.6 is 23.1 Å². The van der Waals surface area contributed by atoms with Gasteiger partial charge in [0.25, 0.3) is 0 Å². The number of hydrogen-bond acceptors (Lipinski definition) is 7. The van der Waals surface area contributed by atoms with Crippen molar-refractivity contribution >= 4 is 51.6 Å². The zero-order valence-electron chi connectivity index (χ0n) is 23.6. The van der Waals surface area contributed by atoms with Crippen molar-refractivity contribution < 1.29 is 19.1 Å². The molecule has 0 spiro atoms. The Morgan fingerprint density at radius 2 is 1.67 bits per heavy atom. The molecule has 1 aliphatic rings. The van der Waals surface area contributed by atoms with Crippen molar-refractivity contribution in [1.82, 2.24) is 4.90 Å². The second-order valence-corrected chi connectivity index (χ2v) is 12.7. The fourth-order valence-electron chi connectivity index (χ4n) is 4.94. The van der Waals surface area contributed by atoms with Gasteiger partial charge in [-0.2, -0.15) is 0 Å². The first-order valence-electron chi connectivity index (χ1n) is 13.8. The van der Waals surface area contributed by atoms with E-state index in [2.05, 4.69) is 27.7 Å². The minimum absolute atomic E-state index is 0.103. The maximum Gasteiger partial charge on any atom is 0.341 e. The first-order valence-corrected chi connectivity index (χ1v) is 15.5. The lowest BCUT2D eigenvalue weighted by atomic mass is 10.0. The second-order valence-electron chi connectivity index (χ2n) is 10.1. The number of thioether (sulfide) groups is 1. The zero-order chi connectivity index (χ0) is 29.5. The summed E-state index contributed by atoms with van der Waals surface area (Å²) < 4.78 is 5.11. The number of anilines is 2. The summed E-state index contributed by atoms with van der Waals surface area (Å²) in [5.74, 6) is -0.740. The molecule has 2 heterocycles. The molecule has 9 heteroatoms. The largest absolute Gasteiger partial charge is 0.465 e. The highest BCUT2D eigenvalue weighted by atomic mass is 32.2. The third-order valence-corrected chi connectivity index (χ3v) is 9.24. The Balaban J connectivity index is 1.23. The molecule has 0 saturated carbocycles. The predicted octanol–water partition coefficient (Wildman–Crippen LogP) is 6.39. The van der Waals surface area contributed by atoms with Crippen LogP contribution in [0.1, 0.15) is 38.8 Å². The molecule has 0 aliphatic carbocycles. The van der Waals surface area contributed by atoms with Gasteiger partial charge in [0.15, 0.2) is 0 Å². The van der Waals surface area contributed by atoms with Gasteiger partial charge in [0.2, 0.25) is 11.8 Å². The molecule has 0 bridgehead atoms. The van der Waals surface area contributed by atoms with Gasteiger partial charge in [0.1, 0.15) is 5.00 Å². The van der Waals surface area contributed by atoms with Crippen molar-refractivity contribution in [3.63, 3.8) is 0 Å². The van der Waals surface area contributed by atoms with Gasteiger partial charge in [-0.25, -0.2) is 4.79 Å². The van der Waals surface area contributed by atoms with Crippen LogP contribution in [0.4, 0.5) is 10.7 Å². The lowest BCUT2D eigenvalue weighted by Crippen LogP contribution is -2.29. The summed E-state index contributed by atoms with van der Waals surface area (Å²) in [4.78, 5) is 42.9. The van der Waals surface area contributed by atoms with Crippen LogP contribution in [0, 0.1) is 0 Å². The number of carbonyl (C=O) groups excluding carboxylic acids is 3. The number of thiophene rings is 1. The number of amides is 2. The monoisotopic (exact) mass is 599 g/mol. The van der Waals surface area contributed by atoms with Crippen molar-refractivity contribution in [3.05, 3.63) is 112 Å². The summed E-state index contributed by atoms with van der Waals surface area (Å²) >= 11 is 2.84. The fourth-order valence-corrected chi connectivity index (χ4v) is 7.15. The van der Waals surface area contributed by atoms with Gasteiger partial charge in [-0.3, -0.25) is 14.5 Å². The third kappa shape index (κ3) is 7.47. The van der Waals surface area contributed by atoms with E-state index in [4.69, 9.17) is 4.74 Å². The van der Waals surface area contributed by atoms with E-state index >= 15 is 0 Å². The molecule has 7 nitrogen and oxygen atoms in total. The van der Waals surface area contributed by atoms with E-state index in [1.165, 1.54) is 35.8 Å². The number of methoxy groups -OCH3 is 1. The number of carbonyl (C=O) groups is 3.